The van der Waals surface area contributed by atoms with Crippen molar-refractivity contribution in [3.63, 3.8) is 0 Å². The third-order valence-electron chi connectivity index (χ3n) is 4.72. The number of hydrogen-bond acceptors (Lipinski definition) is 4. The minimum Gasteiger partial charge on any atom is -0.293 e. The van der Waals surface area contributed by atoms with Gasteiger partial charge in [-0.15, -0.1) is 5.10 Å². The third kappa shape index (κ3) is 3.58. The zero-order chi connectivity index (χ0) is 18.1. The summed E-state index contributed by atoms with van der Waals surface area (Å²) in [5, 5.41) is 5.33. The molecule has 0 aliphatic heterocycles. The number of carbonyl (C=O) groups is 1. The Morgan fingerprint density at radius 3 is 2.58 bits per heavy atom. The highest BCUT2D eigenvalue weighted by Gasteiger charge is 2.30. The lowest BCUT2D eigenvalue weighted by atomic mass is 10.0. The van der Waals surface area contributed by atoms with Gasteiger partial charge in [-0.05, 0) is 56.0 Å². The fraction of sp³-hybridized carbons (Fsp3) is 0.286. The molecular formula is C21H21N3OS. The molecule has 1 saturated carbocycles. The first-order valence-electron chi connectivity index (χ1n) is 8.87. The number of thioether (sulfide) groups is 1. The van der Waals surface area contributed by atoms with Crippen LogP contribution < -0.4 is 0 Å². The van der Waals surface area contributed by atoms with Gasteiger partial charge >= 0.3 is 0 Å². The lowest BCUT2D eigenvalue weighted by Gasteiger charge is -2.04. The Balaban J connectivity index is 1.52. The Kier molecular flexibility index (Phi) is 4.64. The molecule has 26 heavy (non-hydrogen) atoms. The second-order valence-electron chi connectivity index (χ2n) is 6.79. The van der Waals surface area contributed by atoms with Gasteiger partial charge < -0.3 is 0 Å². The summed E-state index contributed by atoms with van der Waals surface area (Å²) in [5.41, 5.74) is 4.12. The Labute approximate surface area is 157 Å². The molecule has 1 fully saturated rings. The van der Waals surface area contributed by atoms with Crippen molar-refractivity contribution in [2.45, 2.75) is 37.8 Å². The predicted molar refractivity (Wildman–Crippen MR) is 104 cm³/mol. The van der Waals surface area contributed by atoms with E-state index in [1.807, 2.05) is 60.1 Å². The molecule has 0 unspecified atom stereocenters. The van der Waals surface area contributed by atoms with Gasteiger partial charge in [0.15, 0.2) is 5.78 Å². The number of rotatable bonds is 6. The van der Waals surface area contributed by atoms with E-state index in [1.165, 1.54) is 17.3 Å². The number of nitrogens with zero attached hydrogens (tertiary/aromatic N) is 3. The Hall–Kier alpha value is -2.40. The quantitative estimate of drug-likeness (QED) is 0.469. The molecule has 1 aliphatic rings. The summed E-state index contributed by atoms with van der Waals surface area (Å²) < 4.78 is 1.93. The third-order valence-corrected chi connectivity index (χ3v) is 5.55. The molecular weight excluding hydrogens is 342 g/mol. The fourth-order valence-electron chi connectivity index (χ4n) is 2.86. The number of benzene rings is 2. The van der Waals surface area contributed by atoms with E-state index in [-0.39, 0.29) is 5.78 Å². The van der Waals surface area contributed by atoms with Gasteiger partial charge in [-0.2, -0.15) is 0 Å². The van der Waals surface area contributed by atoms with Crippen LogP contribution in [0.4, 0.5) is 0 Å². The van der Waals surface area contributed by atoms with Crippen molar-refractivity contribution in [2.75, 3.05) is 5.75 Å². The minimum atomic E-state index is 0.113. The maximum Gasteiger partial charge on any atom is 0.209 e. The van der Waals surface area contributed by atoms with E-state index in [9.17, 15) is 4.79 Å². The van der Waals surface area contributed by atoms with Crippen molar-refractivity contribution in [1.82, 2.24) is 14.8 Å². The number of aryl methyl sites for hydroxylation is 2. The fourth-order valence-corrected chi connectivity index (χ4v) is 3.58. The molecule has 4 nitrogen and oxygen atoms in total. The summed E-state index contributed by atoms with van der Waals surface area (Å²) in [6.07, 6.45) is 2.33. The smallest absolute Gasteiger partial charge is 0.209 e. The highest BCUT2D eigenvalue weighted by Crippen LogP contribution is 2.40. The molecule has 0 atom stereocenters. The summed E-state index contributed by atoms with van der Waals surface area (Å²) in [7, 11) is 0. The van der Waals surface area contributed by atoms with Gasteiger partial charge in [0.25, 0.3) is 0 Å². The van der Waals surface area contributed by atoms with Crippen LogP contribution in [0.1, 0.15) is 46.1 Å². The van der Waals surface area contributed by atoms with E-state index < -0.39 is 0 Å². The molecule has 4 rings (SSSR count). The van der Waals surface area contributed by atoms with Gasteiger partial charge in [0.2, 0.25) is 5.16 Å². The van der Waals surface area contributed by atoms with Gasteiger partial charge in [-0.25, -0.2) is 9.67 Å². The number of ketones is 1. The van der Waals surface area contributed by atoms with E-state index in [0.29, 0.717) is 16.8 Å². The summed E-state index contributed by atoms with van der Waals surface area (Å²) >= 11 is 1.42. The number of Topliss-reactive ketones (excluding diaryl/α,β-unsaturated/α-hetero) is 1. The molecule has 0 amide bonds. The summed E-state index contributed by atoms with van der Waals surface area (Å²) in [6, 6.07) is 15.9. The second-order valence-corrected chi connectivity index (χ2v) is 7.73. The Morgan fingerprint density at radius 1 is 1.12 bits per heavy atom. The molecule has 0 radical (unpaired) electrons. The number of para-hydroxylation sites is 1. The molecule has 132 valence electrons. The molecule has 0 bridgehead atoms. The van der Waals surface area contributed by atoms with Crippen molar-refractivity contribution >= 4 is 17.5 Å². The largest absolute Gasteiger partial charge is 0.293 e. The van der Waals surface area contributed by atoms with Crippen molar-refractivity contribution in [3.05, 3.63) is 71.0 Å². The molecule has 2 aromatic carbocycles. The SMILES string of the molecule is Cc1ccc(C(=O)CSc2nc(C3CC3)n(-c3ccccc3)n2)cc1C. The maximum absolute atomic E-state index is 12.5. The zero-order valence-corrected chi connectivity index (χ0v) is 15.8. The van der Waals surface area contributed by atoms with E-state index in [1.54, 1.807) is 0 Å². The molecule has 1 heterocycles. The number of aromatic nitrogens is 3. The van der Waals surface area contributed by atoms with Gasteiger partial charge in [-0.3, -0.25) is 4.79 Å². The van der Waals surface area contributed by atoms with Crippen molar-refractivity contribution in [2.24, 2.45) is 0 Å². The van der Waals surface area contributed by atoms with Crippen LogP contribution in [0.3, 0.4) is 0 Å². The molecule has 5 heteroatoms. The zero-order valence-electron chi connectivity index (χ0n) is 15.0. The molecule has 0 saturated heterocycles. The highest BCUT2D eigenvalue weighted by molar-refractivity contribution is 7.99. The highest BCUT2D eigenvalue weighted by atomic mass is 32.2. The second kappa shape index (κ2) is 7.08. The van der Waals surface area contributed by atoms with Crippen LogP contribution in [0.2, 0.25) is 0 Å². The molecule has 0 N–H and O–H groups in total. The van der Waals surface area contributed by atoms with Crippen molar-refractivity contribution in [3.8, 4) is 5.69 Å². The van der Waals surface area contributed by atoms with Crippen LogP contribution in [0.25, 0.3) is 5.69 Å². The van der Waals surface area contributed by atoms with Crippen LogP contribution in [0.15, 0.2) is 53.7 Å². The first kappa shape index (κ1) is 17.0. The predicted octanol–water partition coefficient (Wildman–Crippen LogP) is 4.74. The number of hydrogen-bond donors (Lipinski definition) is 0. The van der Waals surface area contributed by atoms with Crippen LogP contribution in [-0.4, -0.2) is 26.3 Å². The summed E-state index contributed by atoms with van der Waals surface area (Å²) in [6.45, 7) is 4.09. The maximum atomic E-state index is 12.5. The first-order valence-corrected chi connectivity index (χ1v) is 9.86. The van der Waals surface area contributed by atoms with Crippen molar-refractivity contribution in [1.29, 1.82) is 0 Å². The normalized spacial score (nSPS) is 13.8. The van der Waals surface area contributed by atoms with E-state index in [2.05, 4.69) is 12.0 Å². The average Bonchev–Trinajstić information content (AvgIpc) is 3.42. The van der Waals surface area contributed by atoms with Gasteiger partial charge in [0, 0.05) is 11.5 Å². The summed E-state index contributed by atoms with van der Waals surface area (Å²) in [5.74, 6) is 1.97. The molecule has 0 spiro atoms. The first-order chi connectivity index (χ1) is 12.6. The van der Waals surface area contributed by atoms with Gasteiger partial charge in [0.05, 0.1) is 11.4 Å². The molecule has 1 aromatic heterocycles. The topological polar surface area (TPSA) is 47.8 Å². The standard InChI is InChI=1S/C21H21N3OS/c1-14-8-9-17(12-15(14)2)19(25)13-26-21-22-20(16-10-11-16)24(23-21)18-6-4-3-5-7-18/h3-9,12,16H,10-11,13H2,1-2H3. The van der Waals surface area contributed by atoms with Crippen LogP contribution >= 0.6 is 11.8 Å². The van der Waals surface area contributed by atoms with E-state index >= 15 is 0 Å². The van der Waals surface area contributed by atoms with Crippen LogP contribution in [0, 0.1) is 13.8 Å². The van der Waals surface area contributed by atoms with E-state index in [4.69, 9.17) is 4.98 Å². The minimum absolute atomic E-state index is 0.113. The van der Waals surface area contributed by atoms with Gasteiger partial charge in [-0.1, -0.05) is 42.1 Å². The van der Waals surface area contributed by atoms with Crippen LogP contribution in [0.5, 0.6) is 0 Å². The molecule has 3 aromatic rings. The van der Waals surface area contributed by atoms with Crippen molar-refractivity contribution < 1.29 is 4.79 Å². The summed E-state index contributed by atoms with van der Waals surface area (Å²) in [4.78, 5) is 17.2. The lowest BCUT2D eigenvalue weighted by Crippen LogP contribution is -2.03. The van der Waals surface area contributed by atoms with Crippen LogP contribution in [-0.2, 0) is 0 Å². The Morgan fingerprint density at radius 2 is 1.88 bits per heavy atom. The number of carbonyl (C=O) groups excluding carboxylic acids is 1. The monoisotopic (exact) mass is 363 g/mol. The van der Waals surface area contributed by atoms with Gasteiger partial charge in [0.1, 0.15) is 5.82 Å². The van der Waals surface area contributed by atoms with E-state index in [0.717, 1.165) is 35.5 Å². The average molecular weight is 363 g/mol. The Bertz CT molecular complexity index is 945. The lowest BCUT2D eigenvalue weighted by molar-refractivity contribution is 0.102. The molecule has 1 aliphatic carbocycles.